The lowest BCUT2D eigenvalue weighted by Crippen LogP contribution is -2.57. The van der Waals surface area contributed by atoms with Crippen molar-refractivity contribution in [2.24, 2.45) is 5.92 Å². The summed E-state index contributed by atoms with van der Waals surface area (Å²) in [6.07, 6.45) is 4.35. The normalized spacial score (nSPS) is 26.4. The standard InChI is InChI=1S/C16H19N3OS3/c1-10-17-8-15(21-10)23-14-3-2-13(22-14)16(20)18-12-9-19-6-4-11(12)5-7-19/h2-3,8,11-12H,4-7,9H2,1H3,(H,18,20). The number of hydrogen-bond donors (Lipinski definition) is 1. The number of aromatic nitrogens is 1. The number of amides is 1. The number of hydrogen-bond acceptors (Lipinski definition) is 6. The number of fused-ring (bicyclic) bond motifs is 3. The highest BCUT2D eigenvalue weighted by Crippen LogP contribution is 2.36. The molecule has 2 aromatic heterocycles. The Bertz CT molecular complexity index is 703. The van der Waals surface area contributed by atoms with Gasteiger partial charge in [-0.05, 0) is 50.9 Å². The van der Waals surface area contributed by atoms with Gasteiger partial charge in [0.2, 0.25) is 0 Å². The molecule has 1 unspecified atom stereocenters. The van der Waals surface area contributed by atoms with Crippen LogP contribution in [0.5, 0.6) is 0 Å². The maximum Gasteiger partial charge on any atom is 0.261 e. The van der Waals surface area contributed by atoms with Gasteiger partial charge in [0.25, 0.3) is 5.91 Å². The van der Waals surface area contributed by atoms with Gasteiger partial charge in [0, 0.05) is 12.6 Å². The fourth-order valence-electron chi connectivity index (χ4n) is 3.35. The first-order valence-corrected chi connectivity index (χ1v) is 10.4. The number of nitrogens with one attached hydrogen (secondary N) is 1. The number of aryl methyl sites for hydroxylation is 1. The van der Waals surface area contributed by atoms with E-state index in [1.807, 2.05) is 25.3 Å². The first-order chi connectivity index (χ1) is 11.2. The lowest BCUT2D eigenvalue weighted by Gasteiger charge is -2.44. The minimum atomic E-state index is 0.0843. The van der Waals surface area contributed by atoms with Gasteiger partial charge in [0.1, 0.15) is 0 Å². The summed E-state index contributed by atoms with van der Waals surface area (Å²) >= 11 is 4.95. The molecule has 3 aliphatic rings. The van der Waals surface area contributed by atoms with E-state index in [-0.39, 0.29) is 5.91 Å². The Labute approximate surface area is 148 Å². The topological polar surface area (TPSA) is 45.2 Å². The van der Waals surface area contributed by atoms with Crippen LogP contribution in [0.4, 0.5) is 0 Å². The van der Waals surface area contributed by atoms with Crippen LogP contribution >= 0.6 is 34.4 Å². The molecule has 0 saturated carbocycles. The molecule has 3 fully saturated rings. The molecule has 5 rings (SSSR count). The second-order valence-corrected chi connectivity index (χ2v) is 10.1. The quantitative estimate of drug-likeness (QED) is 0.901. The summed E-state index contributed by atoms with van der Waals surface area (Å²) in [6, 6.07) is 4.31. The molecular formula is C16H19N3OS3. The molecule has 4 nitrogen and oxygen atoms in total. The van der Waals surface area contributed by atoms with Gasteiger partial charge in [-0.25, -0.2) is 4.98 Å². The SMILES string of the molecule is Cc1ncc(Sc2ccc(C(=O)NC3CN4CCC3CC4)s2)s1. The third kappa shape index (κ3) is 3.47. The highest BCUT2D eigenvalue weighted by molar-refractivity contribution is 8.02. The summed E-state index contributed by atoms with van der Waals surface area (Å²) in [5.41, 5.74) is 0. The monoisotopic (exact) mass is 365 g/mol. The predicted molar refractivity (Wildman–Crippen MR) is 95.7 cm³/mol. The van der Waals surface area contributed by atoms with E-state index < -0.39 is 0 Å². The number of piperidine rings is 3. The fourth-order valence-corrected chi connectivity index (χ4v) is 6.60. The van der Waals surface area contributed by atoms with Crippen LogP contribution in [-0.2, 0) is 0 Å². The van der Waals surface area contributed by atoms with Crippen molar-refractivity contribution in [1.82, 2.24) is 15.2 Å². The second-order valence-electron chi connectivity index (χ2n) is 6.14. The number of carbonyl (C=O) groups is 1. The van der Waals surface area contributed by atoms with E-state index in [0.29, 0.717) is 12.0 Å². The Balaban J connectivity index is 1.39. The van der Waals surface area contributed by atoms with Crippen LogP contribution in [0, 0.1) is 12.8 Å². The number of nitrogens with zero attached hydrogens (tertiary/aromatic N) is 2. The third-order valence-electron chi connectivity index (χ3n) is 4.58. The second kappa shape index (κ2) is 6.55. The zero-order valence-electron chi connectivity index (χ0n) is 12.9. The molecule has 1 N–H and O–H groups in total. The molecular weight excluding hydrogens is 346 g/mol. The first-order valence-electron chi connectivity index (χ1n) is 7.91. The summed E-state index contributed by atoms with van der Waals surface area (Å²) in [4.78, 5) is 20.1. The molecule has 122 valence electrons. The number of thiazole rings is 1. The van der Waals surface area contributed by atoms with Gasteiger partial charge in [-0.1, -0.05) is 11.8 Å². The van der Waals surface area contributed by atoms with E-state index in [4.69, 9.17) is 0 Å². The van der Waals surface area contributed by atoms with Crippen molar-refractivity contribution in [3.05, 3.63) is 28.2 Å². The molecule has 5 heterocycles. The van der Waals surface area contributed by atoms with Crippen molar-refractivity contribution in [1.29, 1.82) is 0 Å². The summed E-state index contributed by atoms with van der Waals surface area (Å²) < 4.78 is 2.32. The van der Waals surface area contributed by atoms with Crippen LogP contribution in [-0.4, -0.2) is 41.5 Å². The molecule has 23 heavy (non-hydrogen) atoms. The van der Waals surface area contributed by atoms with E-state index in [0.717, 1.165) is 20.6 Å². The largest absolute Gasteiger partial charge is 0.347 e. The van der Waals surface area contributed by atoms with Gasteiger partial charge in [0.15, 0.2) is 0 Å². The van der Waals surface area contributed by atoms with E-state index in [1.54, 1.807) is 34.4 Å². The molecule has 2 bridgehead atoms. The van der Waals surface area contributed by atoms with Gasteiger partial charge in [-0.2, -0.15) is 0 Å². The van der Waals surface area contributed by atoms with E-state index in [1.165, 1.54) is 30.1 Å². The lowest BCUT2D eigenvalue weighted by molar-refractivity contribution is 0.0622. The minimum absolute atomic E-state index is 0.0843. The zero-order chi connectivity index (χ0) is 15.8. The van der Waals surface area contributed by atoms with Gasteiger partial charge < -0.3 is 10.2 Å². The van der Waals surface area contributed by atoms with Crippen LogP contribution in [0.2, 0.25) is 0 Å². The van der Waals surface area contributed by atoms with Crippen LogP contribution in [0.25, 0.3) is 0 Å². The van der Waals surface area contributed by atoms with Crippen molar-refractivity contribution >= 4 is 40.3 Å². The van der Waals surface area contributed by atoms with Crippen molar-refractivity contribution in [2.75, 3.05) is 19.6 Å². The molecule has 2 aromatic rings. The summed E-state index contributed by atoms with van der Waals surface area (Å²) in [6.45, 7) is 5.43. The number of thiophene rings is 1. The molecule has 7 heteroatoms. The van der Waals surface area contributed by atoms with Gasteiger partial charge in [-0.3, -0.25) is 4.79 Å². The Kier molecular flexibility index (Phi) is 4.45. The molecule has 0 aromatic carbocycles. The maximum absolute atomic E-state index is 12.5. The highest BCUT2D eigenvalue weighted by Gasteiger charge is 2.35. The Morgan fingerprint density at radius 1 is 1.30 bits per heavy atom. The highest BCUT2D eigenvalue weighted by atomic mass is 32.2. The average Bonchev–Trinajstić information content (AvgIpc) is 3.18. The fraction of sp³-hybridized carbons (Fsp3) is 0.500. The van der Waals surface area contributed by atoms with Crippen LogP contribution in [0.1, 0.15) is 27.5 Å². The Hall–Kier alpha value is -0.890. The average molecular weight is 366 g/mol. The summed E-state index contributed by atoms with van der Waals surface area (Å²) in [7, 11) is 0. The summed E-state index contributed by atoms with van der Waals surface area (Å²) in [5, 5.41) is 4.33. The van der Waals surface area contributed by atoms with Crippen molar-refractivity contribution in [3.8, 4) is 0 Å². The molecule has 1 amide bonds. The lowest BCUT2D eigenvalue weighted by atomic mass is 9.84. The molecule has 3 aliphatic heterocycles. The molecule has 1 atom stereocenters. The third-order valence-corrected chi connectivity index (χ3v) is 7.81. The van der Waals surface area contributed by atoms with Gasteiger partial charge >= 0.3 is 0 Å². The molecule has 3 saturated heterocycles. The Morgan fingerprint density at radius 3 is 2.78 bits per heavy atom. The zero-order valence-corrected chi connectivity index (χ0v) is 15.4. The number of rotatable bonds is 4. The van der Waals surface area contributed by atoms with Crippen molar-refractivity contribution < 1.29 is 4.79 Å². The van der Waals surface area contributed by atoms with Crippen LogP contribution in [0.3, 0.4) is 0 Å². The number of carbonyl (C=O) groups excluding carboxylic acids is 1. The smallest absolute Gasteiger partial charge is 0.261 e. The first kappa shape index (κ1) is 15.6. The van der Waals surface area contributed by atoms with E-state index in [2.05, 4.69) is 15.2 Å². The van der Waals surface area contributed by atoms with Gasteiger partial charge in [0.05, 0.1) is 24.5 Å². The molecule has 0 spiro atoms. The van der Waals surface area contributed by atoms with Crippen molar-refractivity contribution in [2.45, 2.75) is 34.2 Å². The van der Waals surface area contributed by atoms with E-state index in [9.17, 15) is 4.79 Å². The molecule has 0 aliphatic carbocycles. The Morgan fingerprint density at radius 2 is 2.13 bits per heavy atom. The molecule has 0 radical (unpaired) electrons. The van der Waals surface area contributed by atoms with Gasteiger partial charge in [-0.15, -0.1) is 22.7 Å². The summed E-state index contributed by atoms with van der Waals surface area (Å²) in [5.74, 6) is 0.749. The van der Waals surface area contributed by atoms with Crippen molar-refractivity contribution in [3.63, 3.8) is 0 Å². The maximum atomic E-state index is 12.5. The van der Waals surface area contributed by atoms with Crippen LogP contribution in [0.15, 0.2) is 26.7 Å². The van der Waals surface area contributed by atoms with Crippen LogP contribution < -0.4 is 5.32 Å². The van der Waals surface area contributed by atoms with E-state index >= 15 is 0 Å². The minimum Gasteiger partial charge on any atom is -0.347 e. The predicted octanol–water partition coefficient (Wildman–Crippen LogP) is 3.49.